The Morgan fingerprint density at radius 1 is 1.86 bits per heavy atom. The maximum absolute atomic E-state index is 9.90. The van der Waals surface area contributed by atoms with Crippen LogP contribution >= 0.6 is 0 Å². The van der Waals surface area contributed by atoms with Gasteiger partial charge in [-0.3, -0.25) is 4.79 Å². The Bertz CT molecular complexity index is 86.1. The molecule has 0 aromatic carbocycles. The molecule has 0 spiro atoms. The van der Waals surface area contributed by atoms with E-state index in [0.29, 0.717) is 6.42 Å². The first-order valence-electron chi connectivity index (χ1n) is 2.00. The van der Waals surface area contributed by atoms with Crippen LogP contribution in [-0.4, -0.2) is 5.91 Å². The highest BCUT2D eigenvalue weighted by Crippen LogP contribution is 1.76. The van der Waals surface area contributed by atoms with E-state index in [4.69, 9.17) is 5.73 Å². The van der Waals surface area contributed by atoms with Gasteiger partial charge in [0.15, 0.2) is 0 Å². The van der Waals surface area contributed by atoms with Gasteiger partial charge in [-0.25, -0.2) is 0 Å². The Hall–Kier alpha value is -0.790. The molecule has 1 radical (unpaired) electrons. The van der Waals surface area contributed by atoms with Crippen LogP contribution in [0.1, 0.15) is 6.42 Å². The van der Waals surface area contributed by atoms with Gasteiger partial charge in [0.2, 0.25) is 5.91 Å². The first kappa shape index (κ1) is 6.21. The zero-order valence-electron chi connectivity index (χ0n) is 4.05. The predicted octanol–water partition coefficient (Wildman–Crippen LogP) is 0.252. The minimum Gasteiger partial charge on any atom is -0.369 e. The van der Waals surface area contributed by atoms with E-state index in [9.17, 15) is 4.79 Å². The maximum Gasteiger partial charge on any atom is 0.221 e. The van der Waals surface area contributed by atoms with Crippen molar-refractivity contribution in [3.8, 4) is 0 Å². The van der Waals surface area contributed by atoms with Crippen molar-refractivity contribution in [1.29, 1.82) is 0 Å². The molecular weight excluding hydrogens is 90.1 g/mol. The van der Waals surface area contributed by atoms with Crippen LogP contribution < -0.4 is 5.73 Å². The van der Waals surface area contributed by atoms with E-state index < -0.39 is 0 Å². The van der Waals surface area contributed by atoms with Gasteiger partial charge in [0.25, 0.3) is 0 Å². The first-order chi connectivity index (χ1) is 3.27. The topological polar surface area (TPSA) is 43.1 Å². The Morgan fingerprint density at radius 3 is 2.57 bits per heavy atom. The van der Waals surface area contributed by atoms with Crippen molar-refractivity contribution in [2.45, 2.75) is 6.42 Å². The molecule has 0 unspecified atom stereocenters. The number of hydrogen-bond acceptors (Lipinski definition) is 1. The van der Waals surface area contributed by atoms with Gasteiger partial charge in [-0.2, -0.15) is 0 Å². The van der Waals surface area contributed by atoms with E-state index in [2.05, 4.69) is 6.92 Å². The lowest BCUT2D eigenvalue weighted by Crippen LogP contribution is -2.07. The van der Waals surface area contributed by atoms with Gasteiger partial charge in [-0.05, 0) is 6.92 Å². The number of carbonyl (C=O) groups excluding carboxylic acids is 1. The molecule has 2 N–H and O–H groups in total. The van der Waals surface area contributed by atoms with Crippen LogP contribution in [0.25, 0.3) is 0 Å². The molecule has 0 atom stereocenters. The Labute approximate surface area is 43.0 Å². The van der Waals surface area contributed by atoms with E-state index in [-0.39, 0.29) is 5.91 Å². The molecule has 0 aliphatic carbocycles. The zero-order chi connectivity index (χ0) is 5.70. The second kappa shape index (κ2) is 3.40. The normalized spacial score (nSPS) is 9.86. The number of carbonyl (C=O) groups is 1. The summed E-state index contributed by atoms with van der Waals surface area (Å²) in [7, 11) is 0. The number of nitrogens with two attached hydrogens (primary N) is 1. The van der Waals surface area contributed by atoms with E-state index in [1.165, 1.54) is 0 Å². The summed E-state index contributed by atoms with van der Waals surface area (Å²) < 4.78 is 0. The molecule has 2 nitrogen and oxygen atoms in total. The molecule has 0 aliphatic heterocycles. The van der Waals surface area contributed by atoms with E-state index in [0.717, 1.165) is 0 Å². The van der Waals surface area contributed by atoms with Crippen LogP contribution in [0.15, 0.2) is 12.2 Å². The molecule has 39 valence electrons. The number of rotatable bonds is 2. The quantitative estimate of drug-likeness (QED) is 0.528. The molecule has 0 fully saturated rings. The highest BCUT2D eigenvalue weighted by atomic mass is 16.1. The smallest absolute Gasteiger partial charge is 0.221 e. The van der Waals surface area contributed by atoms with Crippen LogP contribution in [0.5, 0.6) is 0 Å². The Morgan fingerprint density at radius 2 is 2.43 bits per heavy atom. The SMILES string of the molecule is [CH2]/C=C/CC(N)=O. The third kappa shape index (κ3) is 5.21. The largest absolute Gasteiger partial charge is 0.369 e. The van der Waals surface area contributed by atoms with Crippen molar-refractivity contribution in [3.05, 3.63) is 19.1 Å². The molecule has 0 aromatic rings. The van der Waals surface area contributed by atoms with E-state index in [1.807, 2.05) is 0 Å². The predicted molar refractivity (Wildman–Crippen MR) is 28.3 cm³/mol. The second-order valence-electron chi connectivity index (χ2n) is 1.14. The van der Waals surface area contributed by atoms with Crippen molar-refractivity contribution < 1.29 is 4.79 Å². The summed E-state index contributed by atoms with van der Waals surface area (Å²) in [6, 6.07) is 0. The number of hydrogen-bond donors (Lipinski definition) is 1. The van der Waals surface area contributed by atoms with Gasteiger partial charge in [-0.1, -0.05) is 12.2 Å². The molecule has 1 amide bonds. The fraction of sp³-hybridized carbons (Fsp3) is 0.200. The van der Waals surface area contributed by atoms with E-state index in [1.54, 1.807) is 12.2 Å². The molecule has 0 aromatic heterocycles. The summed E-state index contributed by atoms with van der Waals surface area (Å²) in [4.78, 5) is 9.90. The summed E-state index contributed by atoms with van der Waals surface area (Å²) in [5.41, 5.74) is 4.76. The number of amides is 1. The van der Waals surface area contributed by atoms with Gasteiger partial charge in [0.05, 0.1) is 0 Å². The molecule has 0 rings (SSSR count). The highest BCUT2D eigenvalue weighted by molar-refractivity contribution is 5.75. The van der Waals surface area contributed by atoms with Crippen LogP contribution in [0.4, 0.5) is 0 Å². The fourth-order valence-corrected chi connectivity index (χ4v) is 0.199. The third-order valence-corrected chi connectivity index (χ3v) is 0.486. The maximum atomic E-state index is 9.90. The van der Waals surface area contributed by atoms with Crippen LogP contribution in [-0.2, 0) is 4.79 Å². The van der Waals surface area contributed by atoms with Crippen molar-refractivity contribution in [2.24, 2.45) is 5.73 Å². The fourth-order valence-electron chi connectivity index (χ4n) is 0.199. The highest BCUT2D eigenvalue weighted by Gasteiger charge is 1.82. The minimum atomic E-state index is -0.320. The molecular formula is C5H8NO. The summed E-state index contributed by atoms with van der Waals surface area (Å²) in [5.74, 6) is -0.320. The molecule has 0 heterocycles. The van der Waals surface area contributed by atoms with E-state index >= 15 is 0 Å². The summed E-state index contributed by atoms with van der Waals surface area (Å²) in [6.45, 7) is 3.37. The molecule has 0 saturated heterocycles. The monoisotopic (exact) mass is 98.1 g/mol. The van der Waals surface area contributed by atoms with Crippen molar-refractivity contribution in [2.75, 3.05) is 0 Å². The third-order valence-electron chi connectivity index (χ3n) is 0.486. The van der Waals surface area contributed by atoms with Gasteiger partial charge in [0, 0.05) is 6.42 Å². The average molecular weight is 98.1 g/mol. The van der Waals surface area contributed by atoms with Crippen molar-refractivity contribution in [1.82, 2.24) is 0 Å². The first-order valence-corrected chi connectivity index (χ1v) is 2.00. The lowest BCUT2D eigenvalue weighted by Gasteiger charge is -1.78. The average Bonchev–Trinajstić information content (AvgIpc) is 1.61. The lowest BCUT2D eigenvalue weighted by molar-refractivity contribution is -0.117. The Balaban J connectivity index is 3.14. The molecule has 7 heavy (non-hydrogen) atoms. The van der Waals surface area contributed by atoms with Crippen LogP contribution in [0, 0.1) is 6.92 Å². The second-order valence-corrected chi connectivity index (χ2v) is 1.14. The van der Waals surface area contributed by atoms with Crippen LogP contribution in [0.3, 0.4) is 0 Å². The van der Waals surface area contributed by atoms with Gasteiger partial charge in [-0.15, -0.1) is 0 Å². The van der Waals surface area contributed by atoms with Crippen LogP contribution in [0.2, 0.25) is 0 Å². The lowest BCUT2D eigenvalue weighted by atomic mass is 10.4. The number of primary amides is 1. The van der Waals surface area contributed by atoms with Gasteiger partial charge >= 0.3 is 0 Å². The van der Waals surface area contributed by atoms with Crippen molar-refractivity contribution in [3.63, 3.8) is 0 Å². The minimum absolute atomic E-state index is 0.295. The zero-order valence-corrected chi connectivity index (χ0v) is 4.05. The molecule has 0 saturated carbocycles. The molecule has 0 bridgehead atoms. The molecule has 0 aliphatic rings. The number of allylic oxidation sites excluding steroid dienone is 1. The molecule has 2 heteroatoms. The van der Waals surface area contributed by atoms with Gasteiger partial charge < -0.3 is 5.73 Å². The standard InChI is InChI=1S/C5H8NO/c1-2-3-4-5(6)7/h2-3H,1,4H2,(H2,6,7)/b3-2+. The summed E-state index contributed by atoms with van der Waals surface area (Å²) in [6.07, 6.45) is 3.45. The van der Waals surface area contributed by atoms with Gasteiger partial charge in [0.1, 0.15) is 0 Å². The summed E-state index contributed by atoms with van der Waals surface area (Å²) in [5, 5.41) is 0. The summed E-state index contributed by atoms with van der Waals surface area (Å²) >= 11 is 0. The Kier molecular flexibility index (Phi) is 3.02. The van der Waals surface area contributed by atoms with Crippen molar-refractivity contribution >= 4 is 5.91 Å².